The maximum Gasteiger partial charge on any atom is 0.257 e. The Balaban J connectivity index is 1.41. The van der Waals surface area contributed by atoms with Gasteiger partial charge < -0.3 is 14.4 Å². The van der Waals surface area contributed by atoms with Crippen molar-refractivity contribution in [3.05, 3.63) is 59.7 Å². The largest absolute Gasteiger partial charge is 0.486 e. The fourth-order valence-electron chi connectivity index (χ4n) is 3.51. The van der Waals surface area contributed by atoms with Crippen molar-refractivity contribution in [1.29, 1.82) is 0 Å². The fraction of sp³-hybridized carbons (Fsp3) is 0.350. The molecule has 0 aliphatic carbocycles. The predicted molar refractivity (Wildman–Crippen MR) is 98.3 cm³/mol. The summed E-state index contributed by atoms with van der Waals surface area (Å²) in [5.41, 5.74) is 8.43. The van der Waals surface area contributed by atoms with Crippen molar-refractivity contribution in [2.24, 2.45) is 0 Å². The second kappa shape index (κ2) is 7.35. The highest BCUT2D eigenvalue weighted by atomic mass is 16.6. The van der Waals surface area contributed by atoms with Crippen molar-refractivity contribution in [1.82, 2.24) is 15.8 Å². The van der Waals surface area contributed by atoms with Crippen LogP contribution < -0.4 is 20.3 Å². The number of hydrogen-bond donors (Lipinski definition) is 2. The van der Waals surface area contributed by atoms with Crippen molar-refractivity contribution < 1.29 is 14.3 Å². The third-order valence-corrected chi connectivity index (χ3v) is 4.82. The first-order valence-electron chi connectivity index (χ1n) is 8.92. The molecule has 2 unspecified atom stereocenters. The molecule has 26 heavy (non-hydrogen) atoms. The van der Waals surface area contributed by atoms with Crippen LogP contribution in [0.2, 0.25) is 0 Å². The molecular formula is C20H23N3O3. The number of benzene rings is 2. The van der Waals surface area contributed by atoms with Gasteiger partial charge in [-0.05, 0) is 24.1 Å². The van der Waals surface area contributed by atoms with Gasteiger partial charge in [0, 0.05) is 25.7 Å². The van der Waals surface area contributed by atoms with Gasteiger partial charge in [-0.2, -0.15) is 0 Å². The molecule has 136 valence electrons. The van der Waals surface area contributed by atoms with Crippen LogP contribution >= 0.6 is 0 Å². The maximum atomic E-state index is 12.9. The van der Waals surface area contributed by atoms with Gasteiger partial charge in [-0.25, -0.2) is 5.43 Å². The molecule has 2 aliphatic heterocycles. The quantitative estimate of drug-likeness (QED) is 0.882. The number of nitrogens with one attached hydrogen (secondary N) is 2. The lowest BCUT2D eigenvalue weighted by atomic mass is 10.0. The topological polar surface area (TPSA) is 62.8 Å². The smallest absolute Gasteiger partial charge is 0.257 e. The number of likely N-dealkylation sites (N-methyl/N-ethyl adjacent to an activating group) is 1. The molecule has 2 heterocycles. The van der Waals surface area contributed by atoms with Crippen molar-refractivity contribution in [2.75, 3.05) is 26.8 Å². The zero-order valence-electron chi connectivity index (χ0n) is 14.8. The van der Waals surface area contributed by atoms with E-state index in [0.717, 1.165) is 6.42 Å². The number of carbonyl (C=O) groups excluding carboxylic acids is 1. The fourth-order valence-corrected chi connectivity index (χ4v) is 3.51. The number of fused-ring (bicyclic) bond motifs is 1. The third-order valence-electron chi connectivity index (χ3n) is 4.82. The lowest BCUT2D eigenvalue weighted by molar-refractivity contribution is 0.0772. The molecule has 6 nitrogen and oxygen atoms in total. The normalized spacial score (nSPS) is 21.4. The van der Waals surface area contributed by atoms with E-state index in [-0.39, 0.29) is 18.0 Å². The van der Waals surface area contributed by atoms with Crippen molar-refractivity contribution >= 4 is 5.91 Å². The molecule has 2 aromatic rings. The number of hydrogen-bond acceptors (Lipinski definition) is 5. The van der Waals surface area contributed by atoms with E-state index in [0.29, 0.717) is 36.8 Å². The Labute approximate surface area is 153 Å². The summed E-state index contributed by atoms with van der Waals surface area (Å²) >= 11 is 0. The van der Waals surface area contributed by atoms with Gasteiger partial charge in [-0.3, -0.25) is 10.2 Å². The molecule has 1 amide bonds. The van der Waals surface area contributed by atoms with E-state index in [2.05, 4.69) is 23.0 Å². The average molecular weight is 353 g/mol. The van der Waals surface area contributed by atoms with Crippen LogP contribution in [-0.4, -0.2) is 43.7 Å². The van der Waals surface area contributed by atoms with Gasteiger partial charge in [0.05, 0.1) is 5.56 Å². The Kier molecular flexibility index (Phi) is 4.77. The van der Waals surface area contributed by atoms with E-state index in [4.69, 9.17) is 9.47 Å². The van der Waals surface area contributed by atoms with Crippen molar-refractivity contribution in [2.45, 2.75) is 18.5 Å². The van der Waals surface area contributed by atoms with Crippen LogP contribution in [0.3, 0.4) is 0 Å². The first-order chi connectivity index (χ1) is 12.7. The molecule has 2 aromatic carbocycles. The average Bonchev–Trinajstić information content (AvgIpc) is 3.16. The maximum absolute atomic E-state index is 12.9. The van der Waals surface area contributed by atoms with Gasteiger partial charge in [0.1, 0.15) is 13.2 Å². The molecule has 2 aliphatic rings. The second-order valence-corrected chi connectivity index (χ2v) is 6.70. The van der Waals surface area contributed by atoms with Gasteiger partial charge in [0.15, 0.2) is 11.5 Å². The number of carbonyl (C=O) groups is 1. The number of para-hydroxylation sites is 1. The summed E-state index contributed by atoms with van der Waals surface area (Å²) in [6.45, 7) is 1.59. The summed E-state index contributed by atoms with van der Waals surface area (Å²) in [6, 6.07) is 16.2. The molecule has 0 saturated carbocycles. The minimum Gasteiger partial charge on any atom is -0.486 e. The third kappa shape index (κ3) is 3.38. The molecule has 1 fully saturated rings. The summed E-state index contributed by atoms with van der Waals surface area (Å²) in [5.74, 6) is 1.13. The van der Waals surface area contributed by atoms with Gasteiger partial charge in [0.25, 0.3) is 5.91 Å². The van der Waals surface area contributed by atoms with Crippen LogP contribution in [0, 0.1) is 0 Å². The predicted octanol–water partition coefficient (Wildman–Crippen LogP) is 2.14. The molecular weight excluding hydrogens is 330 g/mol. The molecule has 0 aromatic heterocycles. The van der Waals surface area contributed by atoms with E-state index in [1.165, 1.54) is 5.56 Å². The summed E-state index contributed by atoms with van der Waals surface area (Å²) < 4.78 is 11.2. The molecule has 0 spiro atoms. The van der Waals surface area contributed by atoms with Crippen LogP contribution in [0.15, 0.2) is 48.5 Å². The molecule has 4 rings (SSSR count). The van der Waals surface area contributed by atoms with Crippen LogP contribution in [0.25, 0.3) is 0 Å². The monoisotopic (exact) mass is 353 g/mol. The van der Waals surface area contributed by atoms with E-state index in [1.807, 2.05) is 37.4 Å². The summed E-state index contributed by atoms with van der Waals surface area (Å²) in [7, 11) is 1.82. The number of amides is 1. The van der Waals surface area contributed by atoms with Crippen molar-refractivity contribution in [3.8, 4) is 11.5 Å². The van der Waals surface area contributed by atoms with Crippen LogP contribution in [-0.2, 0) is 0 Å². The molecule has 1 saturated heterocycles. The Morgan fingerprint density at radius 2 is 1.88 bits per heavy atom. The highest BCUT2D eigenvalue weighted by Gasteiger charge is 2.28. The van der Waals surface area contributed by atoms with Gasteiger partial charge >= 0.3 is 0 Å². The van der Waals surface area contributed by atoms with E-state index < -0.39 is 0 Å². The minimum atomic E-state index is -0.0580. The Hall–Kier alpha value is -2.57. The van der Waals surface area contributed by atoms with Crippen LogP contribution in [0.5, 0.6) is 11.5 Å². The van der Waals surface area contributed by atoms with E-state index >= 15 is 0 Å². The first-order valence-corrected chi connectivity index (χ1v) is 8.92. The summed E-state index contributed by atoms with van der Waals surface area (Å²) in [5, 5.41) is 0. The molecule has 6 heteroatoms. The van der Waals surface area contributed by atoms with Gasteiger partial charge in [-0.15, -0.1) is 0 Å². The standard InChI is InChI=1S/C20H23N3O3/c1-23(13-15-12-17(22-21-15)14-6-3-2-4-7-14)20(24)16-8-5-9-18-19(16)26-11-10-25-18/h2-9,15,17,21-22H,10-13H2,1H3. The lowest BCUT2D eigenvalue weighted by Crippen LogP contribution is -2.41. The Bertz CT molecular complexity index is 781. The van der Waals surface area contributed by atoms with Crippen LogP contribution in [0.4, 0.5) is 0 Å². The zero-order chi connectivity index (χ0) is 17.9. The number of hydrazine groups is 1. The van der Waals surface area contributed by atoms with Gasteiger partial charge in [-0.1, -0.05) is 36.4 Å². The second-order valence-electron chi connectivity index (χ2n) is 6.70. The SMILES string of the molecule is CN(CC1CC(c2ccccc2)NN1)C(=O)c1cccc2c1OCCO2. The lowest BCUT2D eigenvalue weighted by Gasteiger charge is -2.24. The van der Waals surface area contributed by atoms with E-state index in [9.17, 15) is 4.79 Å². The Morgan fingerprint density at radius 1 is 1.08 bits per heavy atom. The molecule has 0 bridgehead atoms. The minimum absolute atomic E-state index is 0.0580. The number of ether oxygens (including phenoxy) is 2. The highest BCUT2D eigenvalue weighted by Crippen LogP contribution is 2.34. The molecule has 2 atom stereocenters. The van der Waals surface area contributed by atoms with Gasteiger partial charge in [0.2, 0.25) is 0 Å². The van der Waals surface area contributed by atoms with E-state index in [1.54, 1.807) is 11.0 Å². The zero-order valence-corrected chi connectivity index (χ0v) is 14.8. The number of nitrogens with zero attached hydrogens (tertiary/aromatic N) is 1. The Morgan fingerprint density at radius 3 is 2.73 bits per heavy atom. The first kappa shape index (κ1) is 16.9. The molecule has 0 radical (unpaired) electrons. The van der Waals surface area contributed by atoms with Crippen molar-refractivity contribution in [3.63, 3.8) is 0 Å². The summed E-state index contributed by atoms with van der Waals surface area (Å²) in [4.78, 5) is 14.6. The highest BCUT2D eigenvalue weighted by molar-refractivity contribution is 5.97. The molecule has 2 N–H and O–H groups in total. The van der Waals surface area contributed by atoms with Crippen LogP contribution in [0.1, 0.15) is 28.4 Å². The number of rotatable bonds is 4. The summed E-state index contributed by atoms with van der Waals surface area (Å²) in [6.07, 6.45) is 0.925.